The van der Waals surface area contributed by atoms with Gasteiger partial charge in [-0.15, -0.1) is 0 Å². The molecule has 0 aromatic heterocycles. The van der Waals surface area contributed by atoms with E-state index in [0.29, 0.717) is 11.1 Å². The number of carboxylic acid groups (broad SMARTS) is 1. The molecule has 0 bridgehead atoms. The van der Waals surface area contributed by atoms with Crippen molar-refractivity contribution < 1.29 is 48.0 Å². The molecule has 1 atom stereocenters. The lowest BCUT2D eigenvalue weighted by atomic mass is 9.82. The number of carbonyl (C=O) groups excluding carboxylic acids is 5. The molecule has 1 unspecified atom stereocenters. The maximum Gasteiger partial charge on any atom is 0.568 e. The lowest BCUT2D eigenvalue weighted by molar-refractivity contribution is -0.977. The summed E-state index contributed by atoms with van der Waals surface area (Å²) in [5.74, 6) is -5.22. The number of amides is 2. The Labute approximate surface area is 228 Å². The molecule has 0 aliphatic carbocycles. The number of carboxylic acids is 1. The van der Waals surface area contributed by atoms with Crippen LogP contribution in [0.2, 0.25) is 0 Å². The highest BCUT2D eigenvalue weighted by molar-refractivity contribution is 5.99. The van der Waals surface area contributed by atoms with Crippen LogP contribution in [0.25, 0.3) is 0 Å². The van der Waals surface area contributed by atoms with Crippen LogP contribution in [-0.2, 0) is 46.6 Å². The Morgan fingerprint density at radius 2 is 1.33 bits per heavy atom. The molecule has 0 N–H and O–H groups in total. The van der Waals surface area contributed by atoms with Gasteiger partial charge in [-0.3, -0.25) is 9.63 Å². The number of hydroxylamine groups is 3. The predicted molar refractivity (Wildman–Crippen MR) is 137 cm³/mol. The van der Waals surface area contributed by atoms with Crippen molar-refractivity contribution in [2.75, 3.05) is 0 Å². The van der Waals surface area contributed by atoms with E-state index in [0.717, 1.165) is 0 Å². The van der Waals surface area contributed by atoms with Crippen LogP contribution < -0.4 is 5.11 Å². The zero-order valence-corrected chi connectivity index (χ0v) is 22.9. The Hall–Kier alpha value is -4.05. The average molecular weight is 542 g/mol. The van der Waals surface area contributed by atoms with Gasteiger partial charge in [0.2, 0.25) is 0 Å². The van der Waals surface area contributed by atoms with Gasteiger partial charge in [0.1, 0.15) is 17.6 Å². The van der Waals surface area contributed by atoms with E-state index in [9.17, 15) is 29.1 Å². The minimum absolute atomic E-state index is 0.128. The zero-order valence-electron chi connectivity index (χ0n) is 22.9. The molecule has 0 saturated heterocycles. The van der Waals surface area contributed by atoms with Crippen LogP contribution in [0.3, 0.4) is 0 Å². The van der Waals surface area contributed by atoms with Gasteiger partial charge in [-0.05, 0) is 39.2 Å². The quantitative estimate of drug-likeness (QED) is 0.191. The Kier molecular flexibility index (Phi) is 10.5. The molecule has 0 heterocycles. The minimum atomic E-state index is -2.14. The Bertz CT molecular complexity index is 1170. The van der Waals surface area contributed by atoms with Gasteiger partial charge in [0.25, 0.3) is 0 Å². The molecule has 10 heteroatoms. The fourth-order valence-corrected chi connectivity index (χ4v) is 3.73. The third-order valence-corrected chi connectivity index (χ3v) is 6.10. The monoisotopic (exact) mass is 541 g/mol. The highest BCUT2D eigenvalue weighted by atomic mass is 16.8. The molecule has 2 rings (SSSR count). The number of nitrogens with zero attached hydrogens (tertiary/aromatic N) is 1. The molecular formula is C29H35NO9. The Morgan fingerprint density at radius 3 is 1.79 bits per heavy atom. The van der Waals surface area contributed by atoms with E-state index in [-0.39, 0.29) is 19.4 Å². The summed E-state index contributed by atoms with van der Waals surface area (Å²) >= 11 is 0. The number of imide groups is 1. The van der Waals surface area contributed by atoms with E-state index in [1.165, 1.54) is 13.8 Å². The summed E-state index contributed by atoms with van der Waals surface area (Å²) < 4.78 is 8.94. The third kappa shape index (κ3) is 7.97. The molecule has 0 aliphatic rings. The zero-order chi connectivity index (χ0) is 29.3. The summed E-state index contributed by atoms with van der Waals surface area (Å²) in [6.07, 6.45) is -2.70. The van der Waals surface area contributed by atoms with Gasteiger partial charge < -0.3 is 19.4 Å². The molecule has 2 amide bonds. The number of hydrogen-bond donors (Lipinski definition) is 0. The highest BCUT2D eigenvalue weighted by Gasteiger charge is 2.57. The van der Waals surface area contributed by atoms with Crippen molar-refractivity contribution in [1.82, 2.24) is 0 Å². The van der Waals surface area contributed by atoms with Gasteiger partial charge in [-0.1, -0.05) is 74.5 Å². The second-order valence-electron chi connectivity index (χ2n) is 10.0. The van der Waals surface area contributed by atoms with Gasteiger partial charge >= 0.3 is 23.9 Å². The second kappa shape index (κ2) is 13.1. The number of aliphatic carboxylic acids is 1. The lowest BCUT2D eigenvalue weighted by Gasteiger charge is -2.35. The predicted octanol–water partition coefficient (Wildman–Crippen LogP) is 3.61. The van der Waals surface area contributed by atoms with Crippen LogP contribution in [-0.4, -0.2) is 40.2 Å². The number of rotatable bonds is 10. The van der Waals surface area contributed by atoms with Gasteiger partial charge in [-0.2, -0.15) is 4.79 Å². The van der Waals surface area contributed by atoms with Crippen molar-refractivity contribution in [1.29, 1.82) is 0 Å². The molecule has 0 spiro atoms. The summed E-state index contributed by atoms with van der Waals surface area (Å²) in [6.45, 7) is 6.86. The van der Waals surface area contributed by atoms with Crippen molar-refractivity contribution in [3.63, 3.8) is 0 Å². The normalized spacial score (nSPS) is 13.1. The van der Waals surface area contributed by atoms with E-state index < -0.39 is 58.5 Å². The van der Waals surface area contributed by atoms with Crippen molar-refractivity contribution in [2.24, 2.45) is 5.41 Å². The van der Waals surface area contributed by atoms with E-state index in [1.54, 1.807) is 81.4 Å². The maximum absolute atomic E-state index is 13.8. The standard InChI is InChI=1S/C29H35NO9/c1-6-29(7-2,25(33)34)26(35)39-30(27(36)38-28(3,4)5,19-21-14-10-8-11-15-21)23(31)18-24(32)37-20-22-16-12-9-13-17-22/h8-17H,6-7,18-20H2,1-5H3. The van der Waals surface area contributed by atoms with Crippen LogP contribution in [0, 0.1) is 5.41 Å². The first-order valence-corrected chi connectivity index (χ1v) is 12.6. The average Bonchev–Trinajstić information content (AvgIpc) is 2.88. The number of quaternary nitrogens is 1. The SMILES string of the molecule is CCC(CC)(C(=O)[O-])C(=O)O[N+](Cc1ccccc1)(C(=O)CC(=O)OCc1ccccc1)C(=O)OC(C)(C)C. The van der Waals surface area contributed by atoms with Crippen LogP contribution >= 0.6 is 0 Å². The number of esters is 1. The first-order chi connectivity index (χ1) is 18.3. The van der Waals surface area contributed by atoms with Crippen molar-refractivity contribution in [3.05, 3.63) is 71.8 Å². The van der Waals surface area contributed by atoms with Crippen molar-refractivity contribution >= 4 is 29.9 Å². The summed E-state index contributed by atoms with van der Waals surface area (Å²) in [5, 5.41) is 12.0. The molecule has 0 saturated carbocycles. The van der Waals surface area contributed by atoms with Gasteiger partial charge in [0.05, 0.1) is 5.97 Å². The van der Waals surface area contributed by atoms with Crippen LogP contribution in [0.1, 0.15) is 65.0 Å². The summed E-state index contributed by atoms with van der Waals surface area (Å²) in [4.78, 5) is 71.1. The topological polar surface area (TPSA) is 136 Å². The van der Waals surface area contributed by atoms with E-state index in [2.05, 4.69) is 0 Å². The van der Waals surface area contributed by atoms with Gasteiger partial charge in [0, 0.05) is 10.2 Å². The fraction of sp³-hybridized carbons (Fsp3) is 0.414. The highest BCUT2D eigenvalue weighted by Crippen LogP contribution is 2.32. The summed E-state index contributed by atoms with van der Waals surface area (Å²) in [5.41, 5.74) is -2.21. The van der Waals surface area contributed by atoms with Gasteiger partial charge in [0.15, 0.2) is 13.0 Å². The fourth-order valence-electron chi connectivity index (χ4n) is 3.73. The van der Waals surface area contributed by atoms with Crippen molar-refractivity contribution in [3.8, 4) is 0 Å². The first kappa shape index (κ1) is 31.2. The molecule has 39 heavy (non-hydrogen) atoms. The van der Waals surface area contributed by atoms with E-state index >= 15 is 0 Å². The molecule has 210 valence electrons. The number of benzene rings is 2. The van der Waals surface area contributed by atoms with E-state index in [4.69, 9.17) is 14.3 Å². The lowest BCUT2D eigenvalue weighted by Crippen LogP contribution is -2.62. The van der Waals surface area contributed by atoms with Gasteiger partial charge in [-0.25, -0.2) is 9.59 Å². The second-order valence-corrected chi connectivity index (χ2v) is 10.0. The Balaban J connectivity index is 2.54. The van der Waals surface area contributed by atoms with Crippen LogP contribution in [0.15, 0.2) is 60.7 Å². The minimum Gasteiger partial charge on any atom is -0.549 e. The molecule has 2 aromatic carbocycles. The number of ether oxygens (including phenoxy) is 2. The molecule has 0 aliphatic heterocycles. The Morgan fingerprint density at radius 1 is 0.821 bits per heavy atom. The smallest absolute Gasteiger partial charge is 0.549 e. The third-order valence-electron chi connectivity index (χ3n) is 6.10. The maximum atomic E-state index is 13.8. The van der Waals surface area contributed by atoms with Crippen LogP contribution in [0.4, 0.5) is 4.79 Å². The van der Waals surface area contributed by atoms with Crippen LogP contribution in [0.5, 0.6) is 0 Å². The molecule has 2 aromatic rings. The molecule has 0 radical (unpaired) electrons. The number of carbonyl (C=O) groups is 5. The molecular weight excluding hydrogens is 506 g/mol. The largest absolute Gasteiger partial charge is 0.568 e. The molecule has 10 nitrogen and oxygen atoms in total. The summed E-state index contributed by atoms with van der Waals surface area (Å²) in [7, 11) is 0. The first-order valence-electron chi connectivity index (χ1n) is 12.6. The van der Waals surface area contributed by atoms with E-state index in [1.807, 2.05) is 0 Å². The molecule has 0 fully saturated rings. The number of hydrogen-bond acceptors (Lipinski definition) is 9. The van der Waals surface area contributed by atoms with Crippen molar-refractivity contribution in [2.45, 2.75) is 72.6 Å². The summed E-state index contributed by atoms with van der Waals surface area (Å²) in [6, 6.07) is 16.9.